The summed E-state index contributed by atoms with van der Waals surface area (Å²) in [6, 6.07) is 10.3. The summed E-state index contributed by atoms with van der Waals surface area (Å²) in [4.78, 5) is 9.63. The van der Waals surface area contributed by atoms with Crippen molar-refractivity contribution in [2.45, 2.75) is 13.5 Å². The molecule has 2 aliphatic rings. The Kier molecular flexibility index (Phi) is 5.15. The molecule has 0 aliphatic carbocycles. The molecule has 7 heteroatoms. The molecule has 0 radical (unpaired) electrons. The van der Waals surface area contributed by atoms with Crippen molar-refractivity contribution in [1.82, 2.24) is 10.2 Å². The topological polar surface area (TPSA) is 49.3 Å². The maximum Gasteiger partial charge on any atom is 0.231 e. The summed E-state index contributed by atoms with van der Waals surface area (Å²) in [5, 5.41) is 6.92. The predicted octanol–water partition coefficient (Wildman–Crippen LogP) is 2.76. The van der Waals surface area contributed by atoms with Crippen molar-refractivity contribution in [1.29, 1.82) is 0 Å². The van der Waals surface area contributed by atoms with Crippen LogP contribution < -0.4 is 19.7 Å². The van der Waals surface area contributed by atoms with E-state index in [-0.39, 0.29) is 0 Å². The Labute approximate surface area is 158 Å². The van der Waals surface area contributed by atoms with Crippen molar-refractivity contribution in [2.75, 3.05) is 44.4 Å². The van der Waals surface area contributed by atoms with Crippen LogP contribution in [0.2, 0.25) is 0 Å². The molecule has 0 unspecified atom stereocenters. The molecule has 1 aromatic heterocycles. The lowest BCUT2D eigenvalue weighted by molar-refractivity contribution is 0.174. The van der Waals surface area contributed by atoms with E-state index < -0.39 is 0 Å². The molecule has 6 nitrogen and oxygen atoms in total. The average molecular weight is 372 g/mol. The zero-order valence-corrected chi connectivity index (χ0v) is 15.8. The number of rotatable bonds is 4. The standard InChI is InChI=1S/C19H24N4O2S/c1-2-20-19(21-13-15-5-6-16-17(12-15)25-14-24-16)23-9-7-22(8-10-23)18-4-3-11-26-18/h3-6,11-12H,2,7-10,13-14H2,1H3,(H,20,21). The van der Waals surface area contributed by atoms with Crippen LogP contribution in [-0.2, 0) is 6.54 Å². The van der Waals surface area contributed by atoms with Gasteiger partial charge < -0.3 is 24.6 Å². The van der Waals surface area contributed by atoms with Gasteiger partial charge in [-0.3, -0.25) is 0 Å². The molecule has 1 fully saturated rings. The van der Waals surface area contributed by atoms with Crippen molar-refractivity contribution in [3.63, 3.8) is 0 Å². The van der Waals surface area contributed by atoms with Crippen LogP contribution in [0.15, 0.2) is 40.7 Å². The highest BCUT2D eigenvalue weighted by Crippen LogP contribution is 2.32. The Morgan fingerprint density at radius 3 is 2.77 bits per heavy atom. The Balaban J connectivity index is 1.40. The van der Waals surface area contributed by atoms with Gasteiger partial charge in [-0.2, -0.15) is 0 Å². The van der Waals surface area contributed by atoms with Crippen LogP contribution in [0.3, 0.4) is 0 Å². The number of hydrogen-bond acceptors (Lipinski definition) is 5. The fourth-order valence-corrected chi connectivity index (χ4v) is 4.01. The molecule has 1 aromatic carbocycles. The molecule has 0 amide bonds. The van der Waals surface area contributed by atoms with Gasteiger partial charge in [-0.05, 0) is 42.1 Å². The molecular formula is C19H24N4O2S. The largest absolute Gasteiger partial charge is 0.454 e. The SMILES string of the molecule is CCNC(=NCc1ccc2c(c1)OCO2)N1CCN(c2cccs2)CC1. The molecule has 138 valence electrons. The number of piperazine rings is 1. The van der Waals surface area contributed by atoms with Crippen LogP contribution in [0.4, 0.5) is 5.00 Å². The number of thiophene rings is 1. The van der Waals surface area contributed by atoms with Crippen LogP contribution in [0.5, 0.6) is 11.5 Å². The van der Waals surface area contributed by atoms with E-state index in [0.29, 0.717) is 13.3 Å². The molecule has 1 N–H and O–H groups in total. The van der Waals surface area contributed by atoms with Gasteiger partial charge in [0.05, 0.1) is 11.5 Å². The van der Waals surface area contributed by atoms with E-state index in [1.807, 2.05) is 12.1 Å². The molecule has 1 saturated heterocycles. The van der Waals surface area contributed by atoms with Gasteiger partial charge in [0, 0.05) is 32.7 Å². The average Bonchev–Trinajstić information content (AvgIpc) is 3.36. The predicted molar refractivity (Wildman–Crippen MR) is 105 cm³/mol. The minimum Gasteiger partial charge on any atom is -0.454 e. The Bertz CT molecular complexity index is 755. The number of anilines is 1. The van der Waals surface area contributed by atoms with Gasteiger partial charge in [0.25, 0.3) is 0 Å². The van der Waals surface area contributed by atoms with Crippen LogP contribution in [0.1, 0.15) is 12.5 Å². The first-order valence-electron chi connectivity index (χ1n) is 9.03. The fourth-order valence-electron chi connectivity index (χ4n) is 3.22. The lowest BCUT2D eigenvalue weighted by atomic mass is 10.2. The number of ether oxygens (including phenoxy) is 2. The maximum absolute atomic E-state index is 5.46. The van der Waals surface area contributed by atoms with Gasteiger partial charge in [-0.1, -0.05) is 6.07 Å². The summed E-state index contributed by atoms with van der Waals surface area (Å²) in [5.41, 5.74) is 1.13. The number of benzene rings is 1. The van der Waals surface area contributed by atoms with E-state index in [4.69, 9.17) is 14.5 Å². The molecular weight excluding hydrogens is 348 g/mol. The van der Waals surface area contributed by atoms with Crippen LogP contribution >= 0.6 is 11.3 Å². The van der Waals surface area contributed by atoms with E-state index in [0.717, 1.165) is 55.7 Å². The molecule has 4 rings (SSSR count). The van der Waals surface area contributed by atoms with Gasteiger partial charge in [-0.25, -0.2) is 4.99 Å². The lowest BCUT2D eigenvalue weighted by Gasteiger charge is -2.37. The number of hydrogen-bond donors (Lipinski definition) is 1. The third kappa shape index (κ3) is 3.72. The zero-order valence-electron chi connectivity index (χ0n) is 15.0. The second-order valence-corrected chi connectivity index (χ2v) is 7.21. The van der Waals surface area contributed by atoms with Gasteiger partial charge in [-0.15, -0.1) is 11.3 Å². The molecule has 2 aliphatic heterocycles. The van der Waals surface area contributed by atoms with Crippen LogP contribution in [-0.4, -0.2) is 50.4 Å². The van der Waals surface area contributed by atoms with Crippen molar-refractivity contribution in [2.24, 2.45) is 4.99 Å². The Morgan fingerprint density at radius 1 is 1.15 bits per heavy atom. The molecule has 0 atom stereocenters. The summed E-state index contributed by atoms with van der Waals surface area (Å²) in [5.74, 6) is 2.61. The van der Waals surface area contributed by atoms with Gasteiger partial charge in [0.1, 0.15) is 0 Å². The molecule has 3 heterocycles. The van der Waals surface area contributed by atoms with Gasteiger partial charge >= 0.3 is 0 Å². The number of guanidine groups is 1. The summed E-state index contributed by atoms with van der Waals surface area (Å²) < 4.78 is 10.8. The molecule has 2 aromatic rings. The van der Waals surface area contributed by atoms with Crippen molar-refractivity contribution in [3.05, 3.63) is 41.3 Å². The van der Waals surface area contributed by atoms with Crippen LogP contribution in [0, 0.1) is 0 Å². The van der Waals surface area contributed by atoms with Crippen molar-refractivity contribution in [3.8, 4) is 11.5 Å². The summed E-state index contributed by atoms with van der Waals surface area (Å²) in [7, 11) is 0. The first-order chi connectivity index (χ1) is 12.8. The number of aliphatic imine (C=N–C) groups is 1. The monoisotopic (exact) mass is 372 g/mol. The van der Waals surface area contributed by atoms with Crippen molar-refractivity contribution < 1.29 is 9.47 Å². The summed E-state index contributed by atoms with van der Waals surface area (Å²) >= 11 is 1.81. The molecule has 0 bridgehead atoms. The van der Waals surface area contributed by atoms with Gasteiger partial charge in [0.2, 0.25) is 6.79 Å². The van der Waals surface area contributed by atoms with E-state index in [9.17, 15) is 0 Å². The zero-order chi connectivity index (χ0) is 17.8. The van der Waals surface area contributed by atoms with E-state index in [1.54, 1.807) is 11.3 Å². The molecule has 0 spiro atoms. The third-order valence-electron chi connectivity index (χ3n) is 4.58. The highest BCUT2D eigenvalue weighted by molar-refractivity contribution is 7.14. The lowest BCUT2D eigenvalue weighted by Crippen LogP contribution is -2.52. The van der Waals surface area contributed by atoms with E-state index >= 15 is 0 Å². The number of fused-ring (bicyclic) bond motifs is 1. The Morgan fingerprint density at radius 2 is 2.00 bits per heavy atom. The minimum atomic E-state index is 0.305. The van der Waals surface area contributed by atoms with E-state index in [1.165, 1.54) is 5.00 Å². The number of nitrogens with zero attached hydrogens (tertiary/aromatic N) is 3. The highest BCUT2D eigenvalue weighted by Gasteiger charge is 2.20. The minimum absolute atomic E-state index is 0.305. The smallest absolute Gasteiger partial charge is 0.231 e. The van der Waals surface area contributed by atoms with Crippen LogP contribution in [0.25, 0.3) is 0 Å². The second-order valence-electron chi connectivity index (χ2n) is 6.28. The van der Waals surface area contributed by atoms with Crippen molar-refractivity contribution >= 4 is 22.3 Å². The normalized spacial score (nSPS) is 16.9. The fraction of sp³-hybridized carbons (Fsp3) is 0.421. The third-order valence-corrected chi connectivity index (χ3v) is 5.51. The maximum atomic E-state index is 5.46. The summed E-state index contributed by atoms with van der Waals surface area (Å²) in [6.07, 6.45) is 0. The molecule has 0 saturated carbocycles. The first kappa shape index (κ1) is 17.0. The van der Waals surface area contributed by atoms with Gasteiger partial charge in [0.15, 0.2) is 17.5 Å². The quantitative estimate of drug-likeness (QED) is 0.661. The highest BCUT2D eigenvalue weighted by atomic mass is 32.1. The first-order valence-corrected chi connectivity index (χ1v) is 9.91. The van der Waals surface area contributed by atoms with E-state index in [2.05, 4.69) is 45.6 Å². The number of nitrogens with one attached hydrogen (secondary N) is 1. The Hall–Kier alpha value is -2.41. The summed E-state index contributed by atoms with van der Waals surface area (Å²) in [6.45, 7) is 7.91. The second kappa shape index (κ2) is 7.86. The molecule has 26 heavy (non-hydrogen) atoms.